The fraction of sp³-hybridized carbons (Fsp3) is 0.673. The molecule has 0 spiro atoms. The molecule has 0 heterocycles. The van der Waals surface area contributed by atoms with Gasteiger partial charge in [-0.25, -0.2) is 4.57 Å². The zero-order valence-corrected chi connectivity index (χ0v) is 39.3. The Labute approximate surface area is 382 Å². The number of carbonyl (C=O) groups excluding carboxylic acids is 2. The predicted octanol–water partition coefficient (Wildman–Crippen LogP) is 8.25. The number of carbonyl (C=O) groups is 2. The summed E-state index contributed by atoms with van der Waals surface area (Å²) in [6.07, 6.45) is 33.4. The monoisotopic (exact) mass is 925 g/mol. The van der Waals surface area contributed by atoms with E-state index in [1.807, 2.05) is 12.2 Å². The van der Waals surface area contributed by atoms with Crippen LogP contribution in [0.3, 0.4) is 0 Å². The van der Waals surface area contributed by atoms with E-state index in [1.165, 1.54) is 19.3 Å². The summed E-state index contributed by atoms with van der Waals surface area (Å²) >= 11 is 0. The van der Waals surface area contributed by atoms with E-state index < -0.39 is 75.7 Å². The van der Waals surface area contributed by atoms with Crippen molar-refractivity contribution in [1.82, 2.24) is 0 Å². The lowest BCUT2D eigenvalue weighted by Gasteiger charge is -2.41. The number of phosphoric ester groups is 1. The summed E-state index contributed by atoms with van der Waals surface area (Å²) in [6.45, 7) is 2.74. The van der Waals surface area contributed by atoms with E-state index in [0.29, 0.717) is 19.3 Å². The average molecular weight is 925 g/mol. The SMILES string of the molecule is CCCCC/C=C\C/C=C\C/C=C\CCCCCCC(=O)O[C@H](COC(=O)CCC/C=C\C/C=C\C/C=C\C/C=C\CCC[C@@H](C)O)COP(=O)(O)OC1[C@H](O)[C@H](O)C(O)[C@H](O)[C@H]1O. The third kappa shape index (κ3) is 31.0. The molecular formula is C49H81O14P. The molecule has 0 amide bonds. The standard InChI is InChI=1S/C49H81O14P/c1-3-4-5-6-7-8-9-10-11-12-15-19-22-25-28-31-34-37-43(52)62-41(39-61-64(58,59)63-49-47(56)45(54)44(53)46(55)48(49)57)38-60-42(51)36-33-30-27-24-21-18-16-13-14-17-20-23-26-29-32-35-40(2)50/h7-8,10-11,14-19,23-24,26-27,40-41,44-50,53-57H,3-6,9,12-13,20-22,25,28-39H2,1-2H3,(H,58,59)/b8-7-,11-10-,17-14-,18-16-,19-15-,26-23-,27-24-/t40-,41-,44?,45-,46+,47-,48-,49?/m1/s1. The Kier molecular flexibility index (Phi) is 35.2. The molecule has 0 aliphatic heterocycles. The summed E-state index contributed by atoms with van der Waals surface area (Å²) < 4.78 is 33.4. The summed E-state index contributed by atoms with van der Waals surface area (Å²) in [5, 5.41) is 59.4. The normalized spacial score (nSPS) is 22.8. The molecule has 15 heteroatoms. The molecule has 1 rings (SSSR count). The van der Waals surface area contributed by atoms with Crippen LogP contribution in [-0.4, -0.2) is 110 Å². The highest BCUT2D eigenvalue weighted by Gasteiger charge is 2.51. The third-order valence-corrected chi connectivity index (χ3v) is 11.2. The van der Waals surface area contributed by atoms with Crippen LogP contribution in [-0.2, 0) is 32.7 Å². The largest absolute Gasteiger partial charge is 0.472 e. The van der Waals surface area contributed by atoms with Crippen LogP contribution in [0.5, 0.6) is 0 Å². The topological polar surface area (TPSA) is 230 Å². The lowest BCUT2D eigenvalue weighted by atomic mass is 9.85. The Morgan fingerprint density at radius 1 is 0.547 bits per heavy atom. The molecule has 0 saturated heterocycles. The number of hydrogen-bond donors (Lipinski definition) is 7. The van der Waals surface area contributed by atoms with Crippen LogP contribution in [0.1, 0.15) is 149 Å². The molecule has 0 aromatic heterocycles. The first-order valence-electron chi connectivity index (χ1n) is 23.4. The van der Waals surface area contributed by atoms with Crippen molar-refractivity contribution in [2.24, 2.45) is 0 Å². The average Bonchev–Trinajstić information content (AvgIpc) is 3.26. The smallest absolute Gasteiger partial charge is 0.462 e. The molecule has 0 aromatic rings. The maximum absolute atomic E-state index is 12.8. The van der Waals surface area contributed by atoms with E-state index in [1.54, 1.807) is 6.92 Å². The van der Waals surface area contributed by atoms with Crippen molar-refractivity contribution in [1.29, 1.82) is 0 Å². The van der Waals surface area contributed by atoms with E-state index in [9.17, 15) is 49.7 Å². The highest BCUT2D eigenvalue weighted by molar-refractivity contribution is 7.47. The van der Waals surface area contributed by atoms with Gasteiger partial charge in [0.15, 0.2) is 6.10 Å². The van der Waals surface area contributed by atoms with Crippen LogP contribution < -0.4 is 0 Å². The Morgan fingerprint density at radius 3 is 1.47 bits per heavy atom. The van der Waals surface area contributed by atoms with Crippen LogP contribution in [0.2, 0.25) is 0 Å². The van der Waals surface area contributed by atoms with Gasteiger partial charge in [-0.05, 0) is 103 Å². The molecule has 64 heavy (non-hydrogen) atoms. The maximum Gasteiger partial charge on any atom is 0.472 e. The molecule has 1 aliphatic carbocycles. The number of rotatable bonds is 37. The minimum absolute atomic E-state index is 0.0482. The van der Waals surface area contributed by atoms with E-state index in [4.69, 9.17) is 18.5 Å². The second kappa shape index (κ2) is 38.1. The molecule has 1 aliphatic rings. The molecule has 366 valence electrons. The number of allylic oxidation sites excluding steroid dienone is 14. The van der Waals surface area contributed by atoms with Gasteiger partial charge in [0.1, 0.15) is 43.2 Å². The van der Waals surface area contributed by atoms with Gasteiger partial charge in [0.2, 0.25) is 0 Å². The van der Waals surface area contributed by atoms with Crippen molar-refractivity contribution in [3.05, 3.63) is 85.1 Å². The molecule has 14 nitrogen and oxygen atoms in total. The zero-order chi connectivity index (χ0) is 47.3. The van der Waals surface area contributed by atoms with Crippen molar-refractivity contribution < 1.29 is 68.2 Å². The van der Waals surface area contributed by atoms with Crippen LogP contribution >= 0.6 is 7.82 Å². The maximum atomic E-state index is 12.8. The molecule has 1 fully saturated rings. The fourth-order valence-electron chi connectivity index (χ4n) is 6.42. The van der Waals surface area contributed by atoms with Crippen molar-refractivity contribution in [2.75, 3.05) is 13.2 Å². The van der Waals surface area contributed by atoms with Crippen LogP contribution in [0.4, 0.5) is 0 Å². The Morgan fingerprint density at radius 2 is 0.969 bits per heavy atom. The van der Waals surface area contributed by atoms with Gasteiger partial charge in [0, 0.05) is 12.8 Å². The molecule has 0 radical (unpaired) electrons. The molecule has 7 N–H and O–H groups in total. The molecule has 9 atom stereocenters. The minimum atomic E-state index is -5.15. The second-order valence-corrected chi connectivity index (χ2v) is 17.6. The number of phosphoric acid groups is 1. The predicted molar refractivity (Wildman–Crippen MR) is 250 cm³/mol. The molecule has 3 unspecified atom stereocenters. The number of hydrogen-bond acceptors (Lipinski definition) is 13. The molecule has 0 bridgehead atoms. The van der Waals surface area contributed by atoms with Gasteiger partial charge in [-0.1, -0.05) is 118 Å². The fourth-order valence-corrected chi connectivity index (χ4v) is 7.39. The highest BCUT2D eigenvalue weighted by Crippen LogP contribution is 2.47. The third-order valence-electron chi connectivity index (χ3n) is 10.2. The van der Waals surface area contributed by atoms with Crippen LogP contribution in [0.25, 0.3) is 0 Å². The first-order chi connectivity index (χ1) is 30.8. The van der Waals surface area contributed by atoms with Crippen molar-refractivity contribution >= 4 is 19.8 Å². The van der Waals surface area contributed by atoms with Gasteiger partial charge in [0.25, 0.3) is 0 Å². The van der Waals surface area contributed by atoms with Crippen molar-refractivity contribution in [3.63, 3.8) is 0 Å². The van der Waals surface area contributed by atoms with Gasteiger partial charge in [-0.15, -0.1) is 0 Å². The molecular weight excluding hydrogens is 843 g/mol. The van der Waals surface area contributed by atoms with E-state index in [0.717, 1.165) is 83.5 Å². The van der Waals surface area contributed by atoms with Crippen LogP contribution in [0.15, 0.2) is 85.1 Å². The molecule has 1 saturated carbocycles. The van der Waals surface area contributed by atoms with Gasteiger partial charge in [-0.2, -0.15) is 0 Å². The highest BCUT2D eigenvalue weighted by atomic mass is 31.2. The number of esters is 2. The number of ether oxygens (including phenoxy) is 2. The summed E-state index contributed by atoms with van der Waals surface area (Å²) in [6, 6.07) is 0. The molecule has 0 aromatic carbocycles. The van der Waals surface area contributed by atoms with Crippen LogP contribution in [0, 0.1) is 0 Å². The summed E-state index contributed by atoms with van der Waals surface area (Å²) in [5.41, 5.74) is 0. The first kappa shape index (κ1) is 59.0. The zero-order valence-electron chi connectivity index (χ0n) is 38.4. The summed E-state index contributed by atoms with van der Waals surface area (Å²) in [4.78, 5) is 35.7. The summed E-state index contributed by atoms with van der Waals surface area (Å²) in [7, 11) is -5.15. The number of unbranched alkanes of at least 4 members (excludes halogenated alkanes) is 9. The van der Waals surface area contributed by atoms with Crippen molar-refractivity contribution in [3.8, 4) is 0 Å². The second-order valence-electron chi connectivity index (χ2n) is 16.2. The number of aliphatic hydroxyl groups excluding tert-OH is 6. The lowest BCUT2D eigenvalue weighted by molar-refractivity contribution is -0.220. The minimum Gasteiger partial charge on any atom is -0.462 e. The van der Waals surface area contributed by atoms with Crippen molar-refractivity contribution in [2.45, 2.75) is 198 Å². The van der Waals surface area contributed by atoms with E-state index >= 15 is 0 Å². The van der Waals surface area contributed by atoms with Gasteiger partial charge >= 0.3 is 19.8 Å². The quantitative estimate of drug-likeness (QED) is 0.0135. The van der Waals surface area contributed by atoms with E-state index in [-0.39, 0.29) is 18.9 Å². The summed E-state index contributed by atoms with van der Waals surface area (Å²) in [5.74, 6) is -1.22. The Hall–Kier alpha value is -3.01. The van der Waals surface area contributed by atoms with Gasteiger partial charge in [-0.3, -0.25) is 18.6 Å². The van der Waals surface area contributed by atoms with Gasteiger partial charge < -0.3 is 45.0 Å². The number of aliphatic hydroxyl groups is 6. The lowest BCUT2D eigenvalue weighted by Crippen LogP contribution is -2.64. The Balaban J connectivity index is 2.52. The van der Waals surface area contributed by atoms with Gasteiger partial charge in [0.05, 0.1) is 12.7 Å². The van der Waals surface area contributed by atoms with E-state index in [2.05, 4.69) is 79.8 Å². The first-order valence-corrected chi connectivity index (χ1v) is 24.9. The Bertz CT molecular complexity index is 1450.